The Balaban J connectivity index is 1.45. The number of benzene rings is 4. The number of amides is 2. The number of rotatable bonds is 6. The smallest absolute Gasteiger partial charge is 0.265 e. The summed E-state index contributed by atoms with van der Waals surface area (Å²) >= 11 is 0. The molecule has 0 aromatic heterocycles. The lowest BCUT2D eigenvalue weighted by molar-refractivity contribution is -0.122. The fourth-order valence-electron chi connectivity index (χ4n) is 5.06. The molecule has 5 rings (SSSR count). The summed E-state index contributed by atoms with van der Waals surface area (Å²) in [4.78, 5) is 28.5. The maximum Gasteiger partial charge on any atom is 0.265 e. The zero-order chi connectivity index (χ0) is 26.6. The molecule has 4 aromatic rings. The molecule has 38 heavy (non-hydrogen) atoms. The van der Waals surface area contributed by atoms with Crippen LogP contribution in [0.1, 0.15) is 51.1 Å². The molecule has 1 aliphatic heterocycles. The van der Waals surface area contributed by atoms with Crippen molar-refractivity contribution >= 4 is 17.5 Å². The minimum atomic E-state index is -0.698. The molecule has 0 saturated carbocycles. The Morgan fingerprint density at radius 2 is 1.61 bits per heavy atom. The molecular formula is C33H32N2O3. The maximum absolute atomic E-state index is 13.7. The number of hydrogen-bond donors (Lipinski definition) is 1. The molecule has 0 fully saturated rings. The Morgan fingerprint density at radius 3 is 2.34 bits per heavy atom. The van der Waals surface area contributed by atoms with Crippen molar-refractivity contribution in [3.63, 3.8) is 0 Å². The molecule has 0 bridgehead atoms. The van der Waals surface area contributed by atoms with Gasteiger partial charge >= 0.3 is 0 Å². The van der Waals surface area contributed by atoms with Crippen molar-refractivity contribution in [1.29, 1.82) is 0 Å². The normalized spacial score (nSPS) is 15.3. The highest BCUT2D eigenvalue weighted by Crippen LogP contribution is 2.38. The third kappa shape index (κ3) is 5.47. The van der Waals surface area contributed by atoms with Crippen LogP contribution in [0.15, 0.2) is 97.1 Å². The van der Waals surface area contributed by atoms with E-state index in [0.29, 0.717) is 17.9 Å². The molecular weight excluding hydrogens is 472 g/mol. The van der Waals surface area contributed by atoms with Gasteiger partial charge in [0.05, 0.1) is 6.04 Å². The van der Waals surface area contributed by atoms with Gasteiger partial charge in [-0.05, 0) is 85.8 Å². The molecule has 5 heteroatoms. The molecule has 2 amide bonds. The summed E-state index contributed by atoms with van der Waals surface area (Å²) in [5.74, 6) is 0.381. The average molecular weight is 505 g/mol. The molecule has 1 heterocycles. The molecule has 192 valence electrons. The number of aryl methyl sites for hydroxylation is 2. The fourth-order valence-corrected chi connectivity index (χ4v) is 5.06. The maximum atomic E-state index is 13.7. The minimum absolute atomic E-state index is 0.0000204. The second-order valence-electron chi connectivity index (χ2n) is 9.91. The molecule has 4 aromatic carbocycles. The Labute approximate surface area is 224 Å². The highest BCUT2D eigenvalue weighted by molar-refractivity contribution is 5.95. The fraction of sp³-hybridized carbons (Fsp3) is 0.212. The number of hydrogen-bond acceptors (Lipinski definition) is 3. The van der Waals surface area contributed by atoms with E-state index in [1.807, 2.05) is 84.6 Å². The summed E-state index contributed by atoms with van der Waals surface area (Å²) in [6.45, 7) is 6.41. The Bertz CT molecular complexity index is 1460. The van der Waals surface area contributed by atoms with E-state index in [9.17, 15) is 9.59 Å². The van der Waals surface area contributed by atoms with Crippen LogP contribution in [-0.2, 0) is 11.2 Å². The van der Waals surface area contributed by atoms with Crippen molar-refractivity contribution in [1.82, 2.24) is 4.90 Å². The first-order valence-electron chi connectivity index (χ1n) is 13.0. The summed E-state index contributed by atoms with van der Waals surface area (Å²) in [5.41, 5.74) is 6.87. The lowest BCUT2D eigenvalue weighted by Gasteiger charge is -2.38. The van der Waals surface area contributed by atoms with Crippen molar-refractivity contribution in [2.75, 3.05) is 11.9 Å². The van der Waals surface area contributed by atoms with Crippen LogP contribution in [0.5, 0.6) is 5.75 Å². The van der Waals surface area contributed by atoms with Crippen molar-refractivity contribution in [2.45, 2.75) is 39.3 Å². The summed E-state index contributed by atoms with van der Waals surface area (Å²) in [6.07, 6.45) is 0.0523. The van der Waals surface area contributed by atoms with Crippen molar-refractivity contribution in [3.8, 4) is 5.75 Å². The first-order chi connectivity index (χ1) is 18.4. The van der Waals surface area contributed by atoms with E-state index in [-0.39, 0.29) is 17.9 Å². The second-order valence-corrected chi connectivity index (χ2v) is 9.91. The summed E-state index contributed by atoms with van der Waals surface area (Å²) in [5, 5.41) is 2.93. The monoisotopic (exact) mass is 504 g/mol. The first-order valence-corrected chi connectivity index (χ1v) is 13.0. The van der Waals surface area contributed by atoms with Gasteiger partial charge in [-0.1, -0.05) is 66.2 Å². The zero-order valence-corrected chi connectivity index (χ0v) is 22.0. The molecule has 2 unspecified atom stereocenters. The number of nitrogens with zero attached hydrogens (tertiary/aromatic N) is 1. The Hall–Kier alpha value is -4.38. The standard InChI is InChI=1S/C33H32N2O3/c1-22-9-7-13-27(19-22)31-30-21-29(38-24(3)32(36)34-28-14-8-10-23(2)20-28)16-15-25(30)17-18-35(31)33(37)26-11-5-4-6-12-26/h4-16,19-21,24,31H,17-18H2,1-3H3,(H,34,36). The van der Waals surface area contributed by atoms with Crippen LogP contribution < -0.4 is 10.1 Å². The predicted molar refractivity (Wildman–Crippen MR) is 151 cm³/mol. The molecule has 0 radical (unpaired) electrons. The van der Waals surface area contributed by atoms with Gasteiger partial charge in [-0.2, -0.15) is 0 Å². The van der Waals surface area contributed by atoms with Crippen molar-refractivity contribution in [3.05, 3.63) is 130 Å². The zero-order valence-electron chi connectivity index (χ0n) is 22.0. The van der Waals surface area contributed by atoms with Crippen molar-refractivity contribution in [2.24, 2.45) is 0 Å². The van der Waals surface area contributed by atoms with Gasteiger partial charge in [0.15, 0.2) is 6.10 Å². The molecule has 1 N–H and O–H groups in total. The summed E-state index contributed by atoms with van der Waals surface area (Å²) < 4.78 is 6.12. The van der Waals surface area contributed by atoms with E-state index in [0.717, 1.165) is 34.4 Å². The van der Waals surface area contributed by atoms with E-state index in [2.05, 4.69) is 36.5 Å². The topological polar surface area (TPSA) is 58.6 Å². The molecule has 2 atom stereocenters. The summed E-state index contributed by atoms with van der Waals surface area (Å²) in [6, 6.07) is 31.1. The minimum Gasteiger partial charge on any atom is -0.481 e. The van der Waals surface area contributed by atoms with Gasteiger partial charge in [0.2, 0.25) is 0 Å². The van der Waals surface area contributed by atoms with E-state index >= 15 is 0 Å². The van der Waals surface area contributed by atoms with Crippen LogP contribution in [0, 0.1) is 13.8 Å². The van der Waals surface area contributed by atoms with E-state index in [1.165, 1.54) is 5.56 Å². The van der Waals surface area contributed by atoms with Crippen LogP contribution in [0.2, 0.25) is 0 Å². The van der Waals surface area contributed by atoms with Gasteiger partial charge in [-0.3, -0.25) is 9.59 Å². The quantitative estimate of drug-likeness (QED) is 0.326. The third-order valence-corrected chi connectivity index (χ3v) is 6.95. The molecule has 0 spiro atoms. The lowest BCUT2D eigenvalue weighted by Crippen LogP contribution is -2.40. The first kappa shape index (κ1) is 25.3. The Morgan fingerprint density at radius 1 is 0.868 bits per heavy atom. The van der Waals surface area contributed by atoms with Crippen LogP contribution in [0.4, 0.5) is 5.69 Å². The Kier molecular flexibility index (Phi) is 7.27. The molecule has 0 aliphatic carbocycles. The van der Waals surface area contributed by atoms with Gasteiger partial charge in [-0.25, -0.2) is 0 Å². The number of nitrogens with one attached hydrogen (secondary N) is 1. The second kappa shape index (κ2) is 10.9. The highest BCUT2D eigenvalue weighted by Gasteiger charge is 2.33. The average Bonchev–Trinajstić information content (AvgIpc) is 2.92. The SMILES string of the molecule is Cc1cccc(NC(=O)C(C)Oc2ccc3c(c2)C(c2cccc(C)c2)N(C(=O)c2ccccc2)CC3)c1. The predicted octanol–water partition coefficient (Wildman–Crippen LogP) is 6.50. The van der Waals surface area contributed by atoms with Crippen LogP contribution in [0.25, 0.3) is 0 Å². The van der Waals surface area contributed by atoms with Crippen molar-refractivity contribution < 1.29 is 14.3 Å². The highest BCUT2D eigenvalue weighted by atomic mass is 16.5. The number of ether oxygens (including phenoxy) is 1. The van der Waals surface area contributed by atoms with Gasteiger partial charge in [0, 0.05) is 17.8 Å². The number of fused-ring (bicyclic) bond motifs is 1. The van der Waals surface area contributed by atoms with E-state index in [4.69, 9.17) is 4.74 Å². The number of anilines is 1. The lowest BCUT2D eigenvalue weighted by atomic mass is 9.87. The third-order valence-electron chi connectivity index (χ3n) is 6.95. The number of carbonyl (C=O) groups is 2. The molecule has 0 saturated heterocycles. The molecule has 1 aliphatic rings. The number of carbonyl (C=O) groups excluding carboxylic acids is 2. The van der Waals surface area contributed by atoms with E-state index in [1.54, 1.807) is 6.92 Å². The summed E-state index contributed by atoms with van der Waals surface area (Å²) in [7, 11) is 0. The largest absolute Gasteiger partial charge is 0.481 e. The van der Waals surface area contributed by atoms with Gasteiger partial charge in [-0.15, -0.1) is 0 Å². The van der Waals surface area contributed by atoms with E-state index < -0.39 is 6.10 Å². The van der Waals surface area contributed by atoms with Gasteiger partial charge in [0.1, 0.15) is 5.75 Å². The molecule has 5 nitrogen and oxygen atoms in total. The van der Waals surface area contributed by atoms with Crippen LogP contribution in [0.3, 0.4) is 0 Å². The van der Waals surface area contributed by atoms with Gasteiger partial charge < -0.3 is 15.0 Å². The van der Waals surface area contributed by atoms with Gasteiger partial charge in [0.25, 0.3) is 11.8 Å². The van der Waals surface area contributed by atoms with Crippen LogP contribution >= 0.6 is 0 Å². The van der Waals surface area contributed by atoms with Crippen LogP contribution in [-0.4, -0.2) is 29.4 Å².